The monoisotopic (exact) mass is 354 g/mol. The van der Waals surface area contributed by atoms with Crippen molar-refractivity contribution >= 4 is 17.3 Å². The molecule has 0 radical (unpaired) electrons. The quantitative estimate of drug-likeness (QED) is 0.460. The first-order chi connectivity index (χ1) is 12.6. The van der Waals surface area contributed by atoms with Crippen molar-refractivity contribution in [2.24, 2.45) is 5.92 Å². The van der Waals surface area contributed by atoms with E-state index in [1.807, 2.05) is 18.2 Å². The van der Waals surface area contributed by atoms with Gasteiger partial charge in [0.05, 0.1) is 12.0 Å². The Kier molecular flexibility index (Phi) is 5.51. The van der Waals surface area contributed by atoms with Gasteiger partial charge >= 0.3 is 5.97 Å². The van der Waals surface area contributed by atoms with E-state index in [4.69, 9.17) is 4.74 Å². The van der Waals surface area contributed by atoms with Gasteiger partial charge in [-0.1, -0.05) is 18.2 Å². The number of para-hydroxylation sites is 1. The summed E-state index contributed by atoms with van der Waals surface area (Å²) in [5, 5.41) is 10.9. The number of ether oxygens (including phenoxy) is 1. The molecular formula is C20H22N2O4. The zero-order valence-electron chi connectivity index (χ0n) is 14.8. The molecule has 1 aliphatic rings. The number of rotatable bonds is 5. The maximum atomic E-state index is 11.5. The summed E-state index contributed by atoms with van der Waals surface area (Å²) in [6.45, 7) is 1.76. The molecule has 6 heteroatoms. The number of carbonyl (C=O) groups is 1. The average Bonchev–Trinajstić information content (AvgIpc) is 2.68. The Balaban J connectivity index is 1.76. The first-order valence-electron chi connectivity index (χ1n) is 8.74. The van der Waals surface area contributed by atoms with Crippen LogP contribution in [0.15, 0.2) is 48.5 Å². The molecule has 2 aromatic rings. The Morgan fingerprint density at radius 1 is 1.15 bits per heavy atom. The van der Waals surface area contributed by atoms with Crippen molar-refractivity contribution < 1.29 is 14.5 Å². The lowest BCUT2D eigenvalue weighted by Gasteiger charge is -2.34. The Bertz CT molecular complexity index is 781. The lowest BCUT2D eigenvalue weighted by Crippen LogP contribution is -2.34. The third kappa shape index (κ3) is 4.02. The van der Waals surface area contributed by atoms with Crippen LogP contribution in [0.25, 0.3) is 11.1 Å². The van der Waals surface area contributed by atoms with Gasteiger partial charge in [-0.05, 0) is 42.5 Å². The summed E-state index contributed by atoms with van der Waals surface area (Å²) in [5.74, 6) is 0.222. The predicted molar refractivity (Wildman–Crippen MR) is 100 cm³/mol. The fraction of sp³-hybridized carbons (Fsp3) is 0.350. The smallest absolute Gasteiger partial charge is 0.305 e. The van der Waals surface area contributed by atoms with Crippen molar-refractivity contribution in [3.05, 3.63) is 58.6 Å². The lowest BCUT2D eigenvalue weighted by atomic mass is 9.92. The Hall–Kier alpha value is -2.89. The molecule has 0 aliphatic carbocycles. The Morgan fingerprint density at radius 2 is 1.81 bits per heavy atom. The van der Waals surface area contributed by atoms with Gasteiger partial charge in [-0.3, -0.25) is 14.9 Å². The number of methoxy groups -OCH3 is 1. The molecule has 2 aromatic carbocycles. The Morgan fingerprint density at radius 3 is 2.42 bits per heavy atom. The third-order valence-corrected chi connectivity index (χ3v) is 4.93. The van der Waals surface area contributed by atoms with Gasteiger partial charge in [0, 0.05) is 42.9 Å². The van der Waals surface area contributed by atoms with Crippen LogP contribution in [0.4, 0.5) is 11.4 Å². The molecule has 0 saturated carbocycles. The summed E-state index contributed by atoms with van der Waals surface area (Å²) in [6.07, 6.45) is 2.38. The first-order valence-corrected chi connectivity index (χ1v) is 8.74. The number of nitrogens with zero attached hydrogens (tertiary/aromatic N) is 2. The highest BCUT2D eigenvalue weighted by Gasteiger charge is 2.23. The Labute approximate surface area is 152 Å². The molecule has 0 unspecified atom stereocenters. The second kappa shape index (κ2) is 7.99. The minimum absolute atomic E-state index is 0.0925. The maximum Gasteiger partial charge on any atom is 0.305 e. The number of hydrogen-bond donors (Lipinski definition) is 0. The second-order valence-electron chi connectivity index (χ2n) is 6.53. The van der Waals surface area contributed by atoms with Crippen molar-refractivity contribution in [3.63, 3.8) is 0 Å². The summed E-state index contributed by atoms with van der Waals surface area (Å²) >= 11 is 0. The van der Waals surface area contributed by atoms with Crippen LogP contribution in [0.2, 0.25) is 0 Å². The highest BCUT2D eigenvalue weighted by Crippen LogP contribution is 2.34. The highest BCUT2D eigenvalue weighted by molar-refractivity contribution is 5.79. The van der Waals surface area contributed by atoms with Crippen molar-refractivity contribution in [1.82, 2.24) is 0 Å². The molecule has 1 aliphatic heterocycles. The molecule has 0 aromatic heterocycles. The standard InChI is InChI=1S/C20H22N2O4/c1-26-20(23)14-15-10-12-21(13-11-15)19-5-3-2-4-18(19)16-6-8-17(9-7-16)22(24)25/h2-9,15H,10-14H2,1H3. The SMILES string of the molecule is COC(=O)CC1CCN(c2ccccc2-c2ccc([N+](=O)[O-])cc2)CC1. The first kappa shape index (κ1) is 17.9. The number of piperidine rings is 1. The summed E-state index contributed by atoms with van der Waals surface area (Å²) in [5.41, 5.74) is 3.24. The van der Waals surface area contributed by atoms with Gasteiger partial charge in [-0.2, -0.15) is 0 Å². The number of benzene rings is 2. The molecule has 0 bridgehead atoms. The number of anilines is 1. The number of nitro benzene ring substituents is 1. The molecule has 136 valence electrons. The molecule has 1 heterocycles. The second-order valence-corrected chi connectivity index (χ2v) is 6.53. The molecule has 0 spiro atoms. The van der Waals surface area contributed by atoms with Crippen LogP contribution in [0, 0.1) is 16.0 Å². The van der Waals surface area contributed by atoms with Crippen LogP contribution < -0.4 is 4.90 Å². The maximum absolute atomic E-state index is 11.5. The van der Waals surface area contributed by atoms with Crippen LogP contribution in [-0.2, 0) is 9.53 Å². The van der Waals surface area contributed by atoms with E-state index in [0.29, 0.717) is 12.3 Å². The summed E-state index contributed by atoms with van der Waals surface area (Å²) < 4.78 is 4.77. The lowest BCUT2D eigenvalue weighted by molar-refractivity contribution is -0.384. The van der Waals surface area contributed by atoms with Gasteiger partial charge in [0.2, 0.25) is 0 Å². The largest absolute Gasteiger partial charge is 0.469 e. The number of carbonyl (C=O) groups excluding carboxylic acids is 1. The summed E-state index contributed by atoms with van der Waals surface area (Å²) in [7, 11) is 1.43. The van der Waals surface area contributed by atoms with E-state index in [9.17, 15) is 14.9 Å². The average molecular weight is 354 g/mol. The van der Waals surface area contributed by atoms with E-state index in [-0.39, 0.29) is 16.6 Å². The van der Waals surface area contributed by atoms with Gasteiger partial charge in [-0.15, -0.1) is 0 Å². The molecule has 0 atom stereocenters. The number of nitro groups is 1. The molecule has 26 heavy (non-hydrogen) atoms. The molecule has 0 amide bonds. The van der Waals surface area contributed by atoms with Gasteiger partial charge in [0.15, 0.2) is 0 Å². The van der Waals surface area contributed by atoms with E-state index in [1.54, 1.807) is 12.1 Å². The number of non-ortho nitro benzene ring substituents is 1. The van der Waals surface area contributed by atoms with E-state index >= 15 is 0 Å². The molecule has 0 N–H and O–H groups in total. The molecular weight excluding hydrogens is 332 g/mol. The molecule has 6 nitrogen and oxygen atoms in total. The molecule has 1 saturated heterocycles. The zero-order valence-corrected chi connectivity index (χ0v) is 14.8. The van der Waals surface area contributed by atoms with Crippen molar-refractivity contribution in [2.75, 3.05) is 25.1 Å². The molecule has 1 fully saturated rings. The van der Waals surface area contributed by atoms with Gasteiger partial charge in [0.1, 0.15) is 0 Å². The van der Waals surface area contributed by atoms with Gasteiger partial charge < -0.3 is 9.64 Å². The summed E-state index contributed by atoms with van der Waals surface area (Å²) in [6, 6.07) is 14.8. The van der Waals surface area contributed by atoms with E-state index in [2.05, 4.69) is 11.0 Å². The number of esters is 1. The summed E-state index contributed by atoms with van der Waals surface area (Å²) in [4.78, 5) is 24.3. The van der Waals surface area contributed by atoms with E-state index < -0.39 is 0 Å². The third-order valence-electron chi connectivity index (χ3n) is 4.93. The minimum atomic E-state index is -0.387. The fourth-order valence-electron chi connectivity index (χ4n) is 3.45. The van der Waals surface area contributed by atoms with Gasteiger partial charge in [-0.25, -0.2) is 0 Å². The van der Waals surface area contributed by atoms with E-state index in [1.165, 1.54) is 19.2 Å². The van der Waals surface area contributed by atoms with Gasteiger partial charge in [0.25, 0.3) is 5.69 Å². The van der Waals surface area contributed by atoms with E-state index in [0.717, 1.165) is 42.7 Å². The van der Waals surface area contributed by atoms with Crippen molar-refractivity contribution in [2.45, 2.75) is 19.3 Å². The highest BCUT2D eigenvalue weighted by atomic mass is 16.6. The van der Waals surface area contributed by atoms with Crippen molar-refractivity contribution in [3.8, 4) is 11.1 Å². The normalized spacial score (nSPS) is 14.9. The number of hydrogen-bond acceptors (Lipinski definition) is 5. The predicted octanol–water partition coefficient (Wildman–Crippen LogP) is 4.04. The van der Waals surface area contributed by atoms with Crippen LogP contribution in [0.1, 0.15) is 19.3 Å². The topological polar surface area (TPSA) is 72.7 Å². The van der Waals surface area contributed by atoms with Crippen LogP contribution in [0.5, 0.6) is 0 Å². The molecule has 3 rings (SSSR count). The van der Waals surface area contributed by atoms with Crippen molar-refractivity contribution in [1.29, 1.82) is 0 Å². The minimum Gasteiger partial charge on any atom is -0.469 e. The van der Waals surface area contributed by atoms with Crippen LogP contribution in [-0.4, -0.2) is 31.1 Å². The zero-order chi connectivity index (χ0) is 18.5. The van der Waals surface area contributed by atoms with Crippen LogP contribution >= 0.6 is 0 Å². The fourth-order valence-corrected chi connectivity index (χ4v) is 3.45. The van der Waals surface area contributed by atoms with Crippen LogP contribution in [0.3, 0.4) is 0 Å².